The summed E-state index contributed by atoms with van der Waals surface area (Å²) in [6, 6.07) is 4.60. The first-order valence-corrected chi connectivity index (χ1v) is 7.34. The fraction of sp³-hybridized carbons (Fsp3) is 0.500. The number of aromatic carboxylic acids is 1. The molecule has 1 aromatic rings. The van der Waals surface area contributed by atoms with Crippen LogP contribution in [0.1, 0.15) is 36.0 Å². The highest BCUT2D eigenvalue weighted by Crippen LogP contribution is 2.55. The van der Waals surface area contributed by atoms with Crippen LogP contribution in [-0.2, 0) is 4.79 Å². The van der Waals surface area contributed by atoms with Gasteiger partial charge in [0.2, 0.25) is 5.91 Å². The van der Waals surface area contributed by atoms with Gasteiger partial charge in [-0.2, -0.15) is 0 Å². The van der Waals surface area contributed by atoms with Crippen LogP contribution in [0, 0.1) is 17.8 Å². The molecule has 21 heavy (non-hydrogen) atoms. The number of ether oxygens (including phenoxy) is 1. The predicted octanol–water partition coefficient (Wildman–Crippen LogP) is 2.77. The number of rotatable bonds is 4. The number of amides is 1. The van der Waals surface area contributed by atoms with E-state index in [1.165, 1.54) is 26.0 Å². The first kappa shape index (κ1) is 13.9. The predicted molar refractivity (Wildman–Crippen MR) is 77.5 cm³/mol. The van der Waals surface area contributed by atoms with Crippen LogP contribution in [0.25, 0.3) is 0 Å². The van der Waals surface area contributed by atoms with Crippen LogP contribution >= 0.6 is 0 Å². The monoisotopic (exact) mass is 289 g/mol. The molecular formula is C16H19NO4. The summed E-state index contributed by atoms with van der Waals surface area (Å²) < 4.78 is 5.10. The molecule has 5 nitrogen and oxygen atoms in total. The molecule has 0 bridgehead atoms. The molecule has 112 valence electrons. The maximum absolute atomic E-state index is 12.4. The summed E-state index contributed by atoms with van der Waals surface area (Å²) in [6.07, 6.45) is 4.63. The molecule has 2 aliphatic carbocycles. The Labute approximate surface area is 123 Å². The van der Waals surface area contributed by atoms with E-state index in [9.17, 15) is 14.7 Å². The first-order chi connectivity index (χ1) is 10.1. The van der Waals surface area contributed by atoms with Gasteiger partial charge >= 0.3 is 5.97 Å². The highest BCUT2D eigenvalue weighted by atomic mass is 16.5. The average Bonchev–Trinajstić information content (AvgIpc) is 3.21. The number of hydrogen-bond donors (Lipinski definition) is 2. The molecular weight excluding hydrogens is 270 g/mol. The van der Waals surface area contributed by atoms with E-state index in [4.69, 9.17) is 4.74 Å². The molecule has 1 amide bonds. The number of methoxy groups -OCH3 is 1. The van der Waals surface area contributed by atoms with Gasteiger partial charge < -0.3 is 15.2 Å². The molecule has 2 fully saturated rings. The van der Waals surface area contributed by atoms with Crippen molar-refractivity contribution in [3.8, 4) is 5.75 Å². The van der Waals surface area contributed by atoms with Gasteiger partial charge in [-0.1, -0.05) is 12.8 Å². The van der Waals surface area contributed by atoms with E-state index in [1.54, 1.807) is 12.1 Å². The molecule has 2 unspecified atom stereocenters. The lowest BCUT2D eigenvalue weighted by Crippen LogP contribution is -2.17. The van der Waals surface area contributed by atoms with Crippen LogP contribution in [0.3, 0.4) is 0 Å². The van der Waals surface area contributed by atoms with Crippen molar-refractivity contribution < 1.29 is 19.4 Å². The van der Waals surface area contributed by atoms with Gasteiger partial charge in [0.15, 0.2) is 0 Å². The Kier molecular flexibility index (Phi) is 3.57. The Morgan fingerprint density at radius 1 is 1.24 bits per heavy atom. The maximum atomic E-state index is 12.4. The molecule has 2 atom stereocenters. The van der Waals surface area contributed by atoms with Crippen LogP contribution in [-0.4, -0.2) is 24.1 Å². The Morgan fingerprint density at radius 3 is 2.48 bits per heavy atom. The second kappa shape index (κ2) is 5.39. The summed E-state index contributed by atoms with van der Waals surface area (Å²) in [5.74, 6) is 0.475. The largest absolute Gasteiger partial charge is 0.497 e. The Bertz CT molecular complexity index is 572. The smallest absolute Gasteiger partial charge is 0.337 e. The summed E-state index contributed by atoms with van der Waals surface area (Å²) in [4.78, 5) is 23.6. The lowest BCUT2D eigenvalue weighted by Gasteiger charge is -2.10. The topological polar surface area (TPSA) is 75.6 Å². The van der Waals surface area contributed by atoms with Crippen molar-refractivity contribution in [1.82, 2.24) is 0 Å². The van der Waals surface area contributed by atoms with Crippen LogP contribution in [0.4, 0.5) is 5.69 Å². The zero-order valence-electron chi connectivity index (χ0n) is 12.0. The number of hydrogen-bond acceptors (Lipinski definition) is 3. The minimum absolute atomic E-state index is 0.0531. The minimum Gasteiger partial charge on any atom is -0.497 e. The fourth-order valence-corrected chi connectivity index (χ4v) is 3.54. The normalized spacial score (nSPS) is 26.6. The third-order valence-corrected chi connectivity index (χ3v) is 4.67. The van der Waals surface area contributed by atoms with Crippen molar-refractivity contribution >= 4 is 17.6 Å². The van der Waals surface area contributed by atoms with Gasteiger partial charge in [-0.05, 0) is 36.8 Å². The van der Waals surface area contributed by atoms with E-state index < -0.39 is 5.97 Å². The zero-order valence-corrected chi connectivity index (χ0v) is 12.0. The second-order valence-corrected chi connectivity index (χ2v) is 5.84. The summed E-state index contributed by atoms with van der Waals surface area (Å²) in [6.45, 7) is 0. The van der Waals surface area contributed by atoms with Gasteiger partial charge in [0.1, 0.15) is 5.75 Å². The maximum Gasteiger partial charge on any atom is 0.337 e. The second-order valence-electron chi connectivity index (χ2n) is 5.84. The van der Waals surface area contributed by atoms with Crippen molar-refractivity contribution in [2.75, 3.05) is 12.4 Å². The fourth-order valence-electron chi connectivity index (χ4n) is 3.54. The molecule has 3 rings (SSSR count). The number of carboxylic acid groups (broad SMARTS) is 1. The molecule has 1 aromatic carbocycles. The number of carbonyl (C=O) groups excluding carboxylic acids is 1. The van der Waals surface area contributed by atoms with Crippen LogP contribution in [0.5, 0.6) is 5.75 Å². The van der Waals surface area contributed by atoms with E-state index in [0.29, 0.717) is 23.3 Å². The van der Waals surface area contributed by atoms with E-state index >= 15 is 0 Å². The Morgan fingerprint density at radius 2 is 1.90 bits per heavy atom. The molecule has 0 aliphatic heterocycles. The number of nitrogens with one attached hydrogen (secondary N) is 1. The van der Waals surface area contributed by atoms with Crippen LogP contribution in [0.2, 0.25) is 0 Å². The van der Waals surface area contributed by atoms with Gasteiger partial charge in [-0.3, -0.25) is 4.79 Å². The molecule has 0 heterocycles. The van der Waals surface area contributed by atoms with Gasteiger partial charge in [0.25, 0.3) is 0 Å². The minimum atomic E-state index is -1.05. The lowest BCUT2D eigenvalue weighted by molar-refractivity contribution is -0.117. The number of carbonyl (C=O) groups is 2. The number of carboxylic acids is 1. The standard InChI is InChI=1S/C16H19NO4/c1-21-9-6-7-12(16(19)20)13(8-9)17-15(18)14-10-4-2-3-5-11(10)14/h6-8,10-11,14H,2-5H2,1H3,(H,17,18)(H,19,20). The molecule has 2 aliphatic rings. The number of anilines is 1. The molecule has 0 spiro atoms. The Hall–Kier alpha value is -2.04. The number of fused-ring (bicyclic) bond motifs is 1. The molecule has 2 saturated carbocycles. The SMILES string of the molecule is COc1ccc(C(=O)O)c(NC(=O)C2C3CCCCC32)c1. The quantitative estimate of drug-likeness (QED) is 0.893. The summed E-state index contributed by atoms with van der Waals surface area (Å²) in [7, 11) is 1.51. The van der Waals surface area contributed by atoms with Gasteiger partial charge in [0.05, 0.1) is 18.4 Å². The summed E-state index contributed by atoms with van der Waals surface area (Å²) in [5.41, 5.74) is 0.406. The van der Waals surface area contributed by atoms with Crippen LogP contribution < -0.4 is 10.1 Å². The summed E-state index contributed by atoms with van der Waals surface area (Å²) >= 11 is 0. The van der Waals surface area contributed by atoms with E-state index in [2.05, 4.69) is 5.32 Å². The third kappa shape index (κ3) is 2.60. The Balaban J connectivity index is 1.77. The van der Waals surface area contributed by atoms with Crippen LogP contribution in [0.15, 0.2) is 18.2 Å². The van der Waals surface area contributed by atoms with Crippen molar-refractivity contribution in [1.29, 1.82) is 0 Å². The molecule has 2 N–H and O–H groups in total. The molecule has 0 aromatic heterocycles. The first-order valence-electron chi connectivity index (χ1n) is 7.34. The van der Waals surface area contributed by atoms with E-state index in [-0.39, 0.29) is 17.4 Å². The van der Waals surface area contributed by atoms with Crippen molar-refractivity contribution in [2.45, 2.75) is 25.7 Å². The van der Waals surface area contributed by atoms with Crippen molar-refractivity contribution in [3.63, 3.8) is 0 Å². The zero-order chi connectivity index (χ0) is 15.0. The lowest BCUT2D eigenvalue weighted by atomic mass is 10.0. The molecule has 0 saturated heterocycles. The van der Waals surface area contributed by atoms with Gasteiger partial charge in [-0.25, -0.2) is 4.79 Å². The number of benzene rings is 1. The van der Waals surface area contributed by atoms with E-state index in [0.717, 1.165) is 12.8 Å². The van der Waals surface area contributed by atoms with Gasteiger partial charge in [0, 0.05) is 12.0 Å². The molecule has 5 heteroatoms. The van der Waals surface area contributed by atoms with Crippen molar-refractivity contribution in [2.24, 2.45) is 17.8 Å². The average molecular weight is 289 g/mol. The summed E-state index contributed by atoms with van der Waals surface area (Å²) in [5, 5.41) is 12.0. The third-order valence-electron chi connectivity index (χ3n) is 4.67. The van der Waals surface area contributed by atoms with E-state index in [1.807, 2.05) is 0 Å². The van der Waals surface area contributed by atoms with Gasteiger partial charge in [-0.15, -0.1) is 0 Å². The molecule has 0 radical (unpaired) electrons. The highest BCUT2D eigenvalue weighted by molar-refractivity contribution is 6.02. The highest BCUT2D eigenvalue weighted by Gasteiger charge is 2.54. The van der Waals surface area contributed by atoms with Crippen molar-refractivity contribution in [3.05, 3.63) is 23.8 Å².